The zero-order valence-electron chi connectivity index (χ0n) is 14.5. The molecule has 0 saturated carbocycles. The molecule has 23 heavy (non-hydrogen) atoms. The highest BCUT2D eigenvalue weighted by atomic mass is 16.3. The second-order valence-corrected chi connectivity index (χ2v) is 7.71. The van der Waals surface area contributed by atoms with Crippen LogP contribution in [0.1, 0.15) is 52.1 Å². The Morgan fingerprint density at radius 1 is 1.00 bits per heavy atom. The fourth-order valence-electron chi connectivity index (χ4n) is 2.03. The largest absolute Gasteiger partial charge is 0.449 e. The predicted octanol–water partition coefficient (Wildman–Crippen LogP) is 3.95. The standard InChI is InChI=1S/C18H24N2O3/c1-17(2,3)16(22)19-13-11-9-7-8-10-12(11)23-14(13)15(21)20-18(4,5)6/h7-10H,1-6H3,(H,19,22)(H,20,21). The Labute approximate surface area is 136 Å². The van der Waals surface area contributed by atoms with Gasteiger partial charge in [-0.25, -0.2) is 0 Å². The Bertz CT molecular complexity index is 746. The summed E-state index contributed by atoms with van der Waals surface area (Å²) in [5.74, 6) is -0.398. The monoisotopic (exact) mass is 316 g/mol. The number of hydrogen-bond donors (Lipinski definition) is 2. The van der Waals surface area contributed by atoms with Crippen molar-refractivity contribution in [2.75, 3.05) is 5.32 Å². The van der Waals surface area contributed by atoms with E-state index in [9.17, 15) is 9.59 Å². The second kappa shape index (κ2) is 5.72. The van der Waals surface area contributed by atoms with E-state index in [4.69, 9.17) is 4.42 Å². The van der Waals surface area contributed by atoms with Crippen LogP contribution in [0.5, 0.6) is 0 Å². The van der Waals surface area contributed by atoms with Crippen LogP contribution in [-0.2, 0) is 4.79 Å². The first kappa shape index (κ1) is 17.1. The van der Waals surface area contributed by atoms with E-state index in [0.29, 0.717) is 16.7 Å². The van der Waals surface area contributed by atoms with Gasteiger partial charge < -0.3 is 15.1 Å². The first-order chi connectivity index (χ1) is 10.5. The van der Waals surface area contributed by atoms with Gasteiger partial charge in [-0.1, -0.05) is 32.9 Å². The van der Waals surface area contributed by atoms with Gasteiger partial charge in [-0.3, -0.25) is 9.59 Å². The number of fused-ring (bicyclic) bond motifs is 1. The van der Waals surface area contributed by atoms with Gasteiger partial charge >= 0.3 is 0 Å². The zero-order valence-corrected chi connectivity index (χ0v) is 14.5. The van der Waals surface area contributed by atoms with Crippen LogP contribution in [0.3, 0.4) is 0 Å². The number of nitrogens with one attached hydrogen (secondary N) is 2. The highest BCUT2D eigenvalue weighted by molar-refractivity contribution is 6.11. The summed E-state index contributed by atoms with van der Waals surface area (Å²) in [7, 11) is 0. The van der Waals surface area contributed by atoms with Crippen molar-refractivity contribution in [3.05, 3.63) is 30.0 Å². The SMILES string of the molecule is CC(C)(C)NC(=O)c1oc2ccccc2c1NC(=O)C(C)(C)C. The molecule has 1 aromatic heterocycles. The van der Waals surface area contributed by atoms with E-state index in [0.717, 1.165) is 0 Å². The van der Waals surface area contributed by atoms with Crippen LogP contribution in [-0.4, -0.2) is 17.4 Å². The number of para-hydroxylation sites is 1. The molecule has 1 aromatic carbocycles. The molecule has 2 aromatic rings. The average molecular weight is 316 g/mol. The summed E-state index contributed by atoms with van der Waals surface area (Å²) < 4.78 is 5.69. The predicted molar refractivity (Wildman–Crippen MR) is 91.5 cm³/mol. The third-order valence-electron chi connectivity index (χ3n) is 3.21. The summed E-state index contributed by atoms with van der Waals surface area (Å²) in [4.78, 5) is 24.9. The van der Waals surface area contributed by atoms with Gasteiger partial charge in [0.15, 0.2) is 0 Å². The minimum atomic E-state index is -0.573. The Kier molecular flexibility index (Phi) is 4.24. The molecule has 0 aliphatic carbocycles. The molecule has 2 N–H and O–H groups in total. The fraction of sp³-hybridized carbons (Fsp3) is 0.444. The number of rotatable bonds is 2. The number of carbonyl (C=O) groups excluding carboxylic acids is 2. The average Bonchev–Trinajstić information content (AvgIpc) is 2.75. The van der Waals surface area contributed by atoms with E-state index >= 15 is 0 Å². The molecule has 0 aliphatic heterocycles. The van der Waals surface area contributed by atoms with Gasteiger partial charge in [0.25, 0.3) is 5.91 Å². The van der Waals surface area contributed by atoms with Gasteiger partial charge in [0.2, 0.25) is 11.7 Å². The number of carbonyl (C=O) groups is 2. The maximum Gasteiger partial charge on any atom is 0.289 e. The molecule has 0 fully saturated rings. The van der Waals surface area contributed by atoms with Crippen molar-refractivity contribution in [2.45, 2.75) is 47.1 Å². The molecule has 1 heterocycles. The van der Waals surface area contributed by atoms with Crippen LogP contribution in [0.2, 0.25) is 0 Å². The van der Waals surface area contributed by atoms with Crippen molar-refractivity contribution >= 4 is 28.5 Å². The molecule has 0 radical (unpaired) electrons. The lowest BCUT2D eigenvalue weighted by atomic mass is 9.95. The summed E-state index contributed by atoms with van der Waals surface area (Å²) in [5, 5.41) is 6.42. The molecular weight excluding hydrogens is 292 g/mol. The first-order valence-electron chi connectivity index (χ1n) is 7.64. The van der Waals surface area contributed by atoms with E-state index in [1.54, 1.807) is 6.07 Å². The minimum Gasteiger partial charge on any atom is -0.449 e. The molecule has 0 saturated heterocycles. The van der Waals surface area contributed by atoms with Crippen molar-refractivity contribution < 1.29 is 14.0 Å². The van der Waals surface area contributed by atoms with Crippen LogP contribution in [0.15, 0.2) is 28.7 Å². The number of benzene rings is 1. The second-order valence-electron chi connectivity index (χ2n) is 7.71. The van der Waals surface area contributed by atoms with Gasteiger partial charge in [0.1, 0.15) is 11.3 Å². The molecule has 0 spiro atoms. The molecular formula is C18H24N2O3. The highest BCUT2D eigenvalue weighted by Crippen LogP contribution is 2.32. The topological polar surface area (TPSA) is 71.3 Å². The van der Waals surface area contributed by atoms with Crippen molar-refractivity contribution in [3.63, 3.8) is 0 Å². The van der Waals surface area contributed by atoms with Gasteiger partial charge in [-0.15, -0.1) is 0 Å². The van der Waals surface area contributed by atoms with Crippen LogP contribution in [0, 0.1) is 5.41 Å². The Morgan fingerprint density at radius 2 is 1.61 bits per heavy atom. The molecule has 2 rings (SSSR count). The third-order valence-corrected chi connectivity index (χ3v) is 3.21. The van der Waals surface area contributed by atoms with Gasteiger partial charge in [0.05, 0.1) is 0 Å². The normalized spacial score (nSPS) is 12.3. The Balaban J connectivity index is 2.50. The number of hydrogen-bond acceptors (Lipinski definition) is 3. The quantitative estimate of drug-likeness (QED) is 0.881. The van der Waals surface area contributed by atoms with Crippen LogP contribution >= 0.6 is 0 Å². The molecule has 0 aliphatic rings. The summed E-state index contributed by atoms with van der Waals surface area (Å²) in [5.41, 5.74) is 0.00961. The molecule has 0 bridgehead atoms. The Hall–Kier alpha value is -2.30. The third kappa shape index (κ3) is 3.92. The summed E-state index contributed by atoms with van der Waals surface area (Å²) >= 11 is 0. The summed E-state index contributed by atoms with van der Waals surface area (Å²) in [6.45, 7) is 11.1. The number of anilines is 1. The van der Waals surface area contributed by atoms with Crippen molar-refractivity contribution in [1.82, 2.24) is 5.32 Å². The molecule has 0 unspecified atom stereocenters. The molecule has 5 heteroatoms. The van der Waals surface area contributed by atoms with E-state index in [-0.39, 0.29) is 17.6 Å². The van der Waals surface area contributed by atoms with Gasteiger partial charge in [-0.2, -0.15) is 0 Å². The molecule has 124 valence electrons. The highest BCUT2D eigenvalue weighted by Gasteiger charge is 2.28. The molecule has 0 atom stereocenters. The van der Waals surface area contributed by atoms with Gasteiger partial charge in [-0.05, 0) is 32.9 Å². The van der Waals surface area contributed by atoms with E-state index in [2.05, 4.69) is 10.6 Å². The van der Waals surface area contributed by atoms with Crippen LogP contribution < -0.4 is 10.6 Å². The minimum absolute atomic E-state index is 0.124. The van der Waals surface area contributed by atoms with Crippen molar-refractivity contribution in [3.8, 4) is 0 Å². The number of furan rings is 1. The Morgan fingerprint density at radius 3 is 2.17 bits per heavy atom. The molecule has 2 amide bonds. The van der Waals surface area contributed by atoms with E-state index in [1.165, 1.54) is 0 Å². The van der Waals surface area contributed by atoms with Crippen molar-refractivity contribution in [1.29, 1.82) is 0 Å². The zero-order chi connectivity index (χ0) is 17.4. The maximum atomic E-state index is 12.5. The lowest BCUT2D eigenvalue weighted by Crippen LogP contribution is -2.40. The lowest BCUT2D eigenvalue weighted by molar-refractivity contribution is -0.123. The summed E-state index contributed by atoms with van der Waals surface area (Å²) in [6, 6.07) is 7.27. The summed E-state index contributed by atoms with van der Waals surface area (Å²) in [6.07, 6.45) is 0. The smallest absolute Gasteiger partial charge is 0.289 e. The van der Waals surface area contributed by atoms with Crippen LogP contribution in [0.25, 0.3) is 11.0 Å². The lowest BCUT2D eigenvalue weighted by Gasteiger charge is -2.21. The van der Waals surface area contributed by atoms with Crippen LogP contribution in [0.4, 0.5) is 5.69 Å². The van der Waals surface area contributed by atoms with Crippen molar-refractivity contribution in [2.24, 2.45) is 5.41 Å². The maximum absolute atomic E-state index is 12.5. The fourth-order valence-corrected chi connectivity index (χ4v) is 2.03. The first-order valence-corrected chi connectivity index (χ1v) is 7.64. The van der Waals surface area contributed by atoms with Gasteiger partial charge in [0, 0.05) is 16.3 Å². The van der Waals surface area contributed by atoms with E-state index < -0.39 is 11.0 Å². The number of amides is 2. The van der Waals surface area contributed by atoms with E-state index in [1.807, 2.05) is 59.7 Å². The molecule has 5 nitrogen and oxygen atoms in total.